The molecule has 1 N–H and O–H groups in total. The fourth-order valence-electron chi connectivity index (χ4n) is 0.935. The zero-order chi connectivity index (χ0) is 9.10. The minimum absolute atomic E-state index is 0. The second-order valence-corrected chi connectivity index (χ2v) is 2.50. The molecule has 0 saturated heterocycles. The van der Waals surface area contributed by atoms with E-state index in [9.17, 15) is 0 Å². The molecule has 0 atom stereocenters. The Bertz CT molecular complexity index is 368. The third-order valence-corrected chi connectivity index (χ3v) is 1.58. The summed E-state index contributed by atoms with van der Waals surface area (Å²) in [4.78, 5) is 8.04. The zero-order valence-electron chi connectivity index (χ0n) is 6.83. The summed E-state index contributed by atoms with van der Waals surface area (Å²) in [5.41, 5.74) is 0.691. The highest BCUT2D eigenvalue weighted by atomic mass is 16.3. The van der Waals surface area contributed by atoms with Gasteiger partial charge in [0.2, 0.25) is 5.95 Å². The highest BCUT2D eigenvalue weighted by Crippen LogP contribution is 1.99. The molecule has 2 heterocycles. The van der Waals surface area contributed by atoms with Crippen LogP contribution in [0.2, 0.25) is 0 Å². The highest BCUT2D eigenvalue weighted by Gasteiger charge is 1.98. The van der Waals surface area contributed by atoms with Crippen LogP contribution >= 0.6 is 0 Å². The van der Waals surface area contributed by atoms with Crippen molar-refractivity contribution in [3.8, 4) is 5.95 Å². The van der Waals surface area contributed by atoms with Crippen molar-refractivity contribution in [1.29, 1.82) is 0 Å². The van der Waals surface area contributed by atoms with E-state index in [1.807, 2.05) is 0 Å². The SMILES string of the molecule is C.OCc1cnc(-n2cccn2)nc1. The van der Waals surface area contributed by atoms with Gasteiger partial charge in [-0.15, -0.1) is 0 Å². The Kier molecular flexibility index (Phi) is 3.30. The molecule has 0 aliphatic rings. The van der Waals surface area contributed by atoms with Crippen molar-refractivity contribution in [3.63, 3.8) is 0 Å². The first-order valence-electron chi connectivity index (χ1n) is 3.82. The van der Waals surface area contributed by atoms with Gasteiger partial charge in [0.25, 0.3) is 0 Å². The highest BCUT2D eigenvalue weighted by molar-refractivity contribution is 5.12. The largest absolute Gasteiger partial charge is 0.392 e. The number of aliphatic hydroxyl groups excluding tert-OH is 1. The van der Waals surface area contributed by atoms with E-state index in [1.165, 1.54) is 0 Å². The smallest absolute Gasteiger partial charge is 0.250 e. The lowest BCUT2D eigenvalue weighted by Crippen LogP contribution is -2.01. The topological polar surface area (TPSA) is 63.8 Å². The molecule has 5 nitrogen and oxygen atoms in total. The van der Waals surface area contributed by atoms with Crippen molar-refractivity contribution >= 4 is 0 Å². The third kappa shape index (κ3) is 1.94. The molecule has 0 saturated carbocycles. The Morgan fingerprint density at radius 3 is 2.50 bits per heavy atom. The Hall–Kier alpha value is -1.75. The predicted octanol–water partition coefficient (Wildman–Crippen LogP) is 0.791. The summed E-state index contributed by atoms with van der Waals surface area (Å²) >= 11 is 0. The molecule has 0 aliphatic heterocycles. The summed E-state index contributed by atoms with van der Waals surface area (Å²) in [7, 11) is 0. The van der Waals surface area contributed by atoms with Crippen LogP contribution in [0.3, 0.4) is 0 Å². The Morgan fingerprint density at radius 2 is 2.00 bits per heavy atom. The van der Waals surface area contributed by atoms with Crippen molar-refractivity contribution in [2.45, 2.75) is 14.0 Å². The van der Waals surface area contributed by atoms with Gasteiger partial charge in [-0.2, -0.15) is 5.10 Å². The molecule has 0 amide bonds. The normalized spacial score (nSPS) is 9.50. The van der Waals surface area contributed by atoms with Gasteiger partial charge >= 0.3 is 0 Å². The molecule has 0 fully saturated rings. The number of hydrogen-bond acceptors (Lipinski definition) is 4. The van der Waals surface area contributed by atoms with Crippen LogP contribution in [0.5, 0.6) is 0 Å². The summed E-state index contributed by atoms with van der Waals surface area (Å²) in [6.07, 6.45) is 6.56. The number of nitrogens with zero attached hydrogens (tertiary/aromatic N) is 4. The molecular formula is C9H12N4O. The van der Waals surface area contributed by atoms with Crippen molar-refractivity contribution in [2.24, 2.45) is 0 Å². The van der Waals surface area contributed by atoms with E-state index in [-0.39, 0.29) is 14.0 Å². The van der Waals surface area contributed by atoms with Crippen molar-refractivity contribution in [3.05, 3.63) is 36.4 Å². The van der Waals surface area contributed by atoms with Crippen molar-refractivity contribution < 1.29 is 5.11 Å². The van der Waals surface area contributed by atoms with E-state index in [0.29, 0.717) is 11.5 Å². The third-order valence-electron chi connectivity index (χ3n) is 1.58. The monoisotopic (exact) mass is 192 g/mol. The van der Waals surface area contributed by atoms with E-state index in [2.05, 4.69) is 15.1 Å². The lowest BCUT2D eigenvalue weighted by Gasteiger charge is -1.98. The standard InChI is InChI=1S/C8H8N4O.CH4/c13-6-7-4-9-8(10-5-7)12-3-1-2-11-12;/h1-5,13H,6H2;1H4. The van der Waals surface area contributed by atoms with E-state index in [1.54, 1.807) is 35.5 Å². The predicted molar refractivity (Wildman–Crippen MR) is 51.8 cm³/mol. The fourth-order valence-corrected chi connectivity index (χ4v) is 0.935. The Labute approximate surface area is 82.1 Å². The van der Waals surface area contributed by atoms with Crippen LogP contribution in [0.25, 0.3) is 5.95 Å². The van der Waals surface area contributed by atoms with Crippen LogP contribution in [0.4, 0.5) is 0 Å². The Morgan fingerprint density at radius 1 is 1.29 bits per heavy atom. The van der Waals surface area contributed by atoms with Crippen molar-refractivity contribution in [2.75, 3.05) is 0 Å². The molecule has 0 unspecified atom stereocenters. The molecule has 2 aromatic rings. The Balaban J connectivity index is 0.000000980. The first-order chi connectivity index (χ1) is 6.40. The summed E-state index contributed by atoms with van der Waals surface area (Å²) in [5.74, 6) is 0.502. The average molecular weight is 192 g/mol. The summed E-state index contributed by atoms with van der Waals surface area (Å²) in [5, 5.41) is 12.7. The molecule has 0 bridgehead atoms. The zero-order valence-corrected chi connectivity index (χ0v) is 6.83. The summed E-state index contributed by atoms with van der Waals surface area (Å²) in [6.45, 7) is -0.0423. The molecule has 14 heavy (non-hydrogen) atoms. The lowest BCUT2D eigenvalue weighted by atomic mass is 10.4. The van der Waals surface area contributed by atoms with Crippen molar-refractivity contribution in [1.82, 2.24) is 19.7 Å². The van der Waals surface area contributed by atoms with E-state index in [0.717, 1.165) is 0 Å². The molecule has 0 aliphatic carbocycles. The second-order valence-electron chi connectivity index (χ2n) is 2.50. The maximum atomic E-state index is 8.76. The maximum Gasteiger partial charge on any atom is 0.250 e. The number of aromatic nitrogens is 4. The maximum absolute atomic E-state index is 8.76. The van der Waals surface area contributed by atoms with E-state index < -0.39 is 0 Å². The van der Waals surface area contributed by atoms with Gasteiger partial charge in [-0.3, -0.25) is 0 Å². The average Bonchev–Trinajstić information content (AvgIpc) is 2.71. The molecule has 0 radical (unpaired) electrons. The number of rotatable bonds is 2. The first kappa shape index (κ1) is 10.3. The molecular weight excluding hydrogens is 180 g/mol. The van der Waals surface area contributed by atoms with Crippen LogP contribution < -0.4 is 0 Å². The minimum atomic E-state index is -0.0423. The first-order valence-corrected chi connectivity index (χ1v) is 3.82. The number of aliphatic hydroxyl groups is 1. The van der Waals surface area contributed by atoms with Gasteiger partial charge in [0.05, 0.1) is 6.61 Å². The van der Waals surface area contributed by atoms with Crippen LogP contribution in [0.15, 0.2) is 30.9 Å². The molecule has 2 aromatic heterocycles. The van der Waals surface area contributed by atoms with Crippen LogP contribution in [-0.2, 0) is 6.61 Å². The van der Waals surface area contributed by atoms with Gasteiger partial charge in [-0.25, -0.2) is 14.6 Å². The fraction of sp³-hybridized carbons (Fsp3) is 0.222. The van der Waals surface area contributed by atoms with Gasteiger partial charge in [-0.1, -0.05) is 7.43 Å². The van der Waals surface area contributed by atoms with Crippen LogP contribution in [0.1, 0.15) is 13.0 Å². The molecule has 0 aromatic carbocycles. The molecule has 74 valence electrons. The van der Waals surface area contributed by atoms with Crippen LogP contribution in [-0.4, -0.2) is 24.9 Å². The molecule has 5 heteroatoms. The number of hydrogen-bond donors (Lipinski definition) is 1. The van der Waals surface area contributed by atoms with Gasteiger partial charge in [0, 0.05) is 30.4 Å². The van der Waals surface area contributed by atoms with E-state index in [4.69, 9.17) is 5.11 Å². The summed E-state index contributed by atoms with van der Waals surface area (Å²) in [6, 6.07) is 1.79. The molecule has 0 spiro atoms. The van der Waals surface area contributed by atoms with Gasteiger partial charge in [-0.05, 0) is 6.07 Å². The second kappa shape index (κ2) is 4.48. The molecule has 2 rings (SSSR count). The lowest BCUT2D eigenvalue weighted by molar-refractivity contribution is 0.281. The van der Waals surface area contributed by atoms with Crippen LogP contribution in [0, 0.1) is 0 Å². The summed E-state index contributed by atoms with van der Waals surface area (Å²) < 4.78 is 1.56. The van der Waals surface area contributed by atoms with Gasteiger partial charge in [0.15, 0.2) is 0 Å². The van der Waals surface area contributed by atoms with E-state index >= 15 is 0 Å². The minimum Gasteiger partial charge on any atom is -0.392 e. The van der Waals surface area contributed by atoms with Gasteiger partial charge in [0.1, 0.15) is 0 Å². The quantitative estimate of drug-likeness (QED) is 0.764. The van der Waals surface area contributed by atoms with Gasteiger partial charge < -0.3 is 5.11 Å².